The van der Waals surface area contributed by atoms with Crippen LogP contribution in [-0.2, 0) is 4.74 Å². The molecule has 15 heavy (non-hydrogen) atoms. The minimum Gasteiger partial charge on any atom is -0.394 e. The van der Waals surface area contributed by atoms with Gasteiger partial charge in [-0.3, -0.25) is 0 Å². The molecule has 3 heteroatoms. The van der Waals surface area contributed by atoms with Crippen LogP contribution in [0.4, 0.5) is 0 Å². The molecule has 0 unspecified atom stereocenters. The molecular formula is C12H26O3. The van der Waals surface area contributed by atoms with Crippen molar-refractivity contribution >= 4 is 0 Å². The monoisotopic (exact) mass is 218 g/mol. The second-order valence-corrected chi connectivity index (χ2v) is 2.32. The Bertz CT molecular complexity index is 107. The smallest absolute Gasteiger partial charge is 0.0662 e. The zero-order valence-electron chi connectivity index (χ0n) is 10.3. The SMILES string of the molecule is C=CC/C=C/C.CCOCC.OCCO. The summed E-state index contributed by atoms with van der Waals surface area (Å²) in [6.45, 7) is 11.0. The first-order valence-corrected chi connectivity index (χ1v) is 5.26. The summed E-state index contributed by atoms with van der Waals surface area (Å²) in [6, 6.07) is 0. The first-order chi connectivity index (χ1) is 7.24. The largest absolute Gasteiger partial charge is 0.394 e. The normalized spacial score (nSPS) is 8.60. The molecule has 3 nitrogen and oxygen atoms in total. The molecule has 0 aliphatic carbocycles. The van der Waals surface area contributed by atoms with Gasteiger partial charge in [-0.05, 0) is 27.2 Å². The van der Waals surface area contributed by atoms with Crippen molar-refractivity contribution in [2.45, 2.75) is 27.2 Å². The summed E-state index contributed by atoms with van der Waals surface area (Å²) in [4.78, 5) is 0. The Hall–Kier alpha value is -0.640. The van der Waals surface area contributed by atoms with Crippen LogP contribution in [-0.4, -0.2) is 36.6 Å². The van der Waals surface area contributed by atoms with Crippen LogP contribution in [0.3, 0.4) is 0 Å². The molecule has 0 atom stereocenters. The second-order valence-electron chi connectivity index (χ2n) is 2.32. The number of aliphatic hydroxyl groups is 2. The van der Waals surface area contributed by atoms with Crippen LogP contribution in [0.15, 0.2) is 24.8 Å². The topological polar surface area (TPSA) is 49.7 Å². The molecule has 0 saturated heterocycles. The number of aliphatic hydroxyl groups excluding tert-OH is 2. The highest BCUT2D eigenvalue weighted by Crippen LogP contribution is 1.79. The summed E-state index contributed by atoms with van der Waals surface area (Å²) in [5.41, 5.74) is 0. The van der Waals surface area contributed by atoms with Crippen LogP contribution in [0.5, 0.6) is 0 Å². The summed E-state index contributed by atoms with van der Waals surface area (Å²) in [5, 5.41) is 15.2. The van der Waals surface area contributed by atoms with Gasteiger partial charge in [-0.25, -0.2) is 0 Å². The molecular weight excluding hydrogens is 192 g/mol. The van der Waals surface area contributed by atoms with Gasteiger partial charge in [0.25, 0.3) is 0 Å². The van der Waals surface area contributed by atoms with E-state index in [9.17, 15) is 0 Å². The average molecular weight is 218 g/mol. The lowest BCUT2D eigenvalue weighted by Crippen LogP contribution is -1.85. The minimum absolute atomic E-state index is 0.125. The first-order valence-electron chi connectivity index (χ1n) is 5.26. The van der Waals surface area contributed by atoms with Crippen LogP contribution >= 0.6 is 0 Å². The number of hydrogen-bond acceptors (Lipinski definition) is 3. The molecule has 2 N–H and O–H groups in total. The van der Waals surface area contributed by atoms with Gasteiger partial charge in [-0.1, -0.05) is 18.2 Å². The fraction of sp³-hybridized carbons (Fsp3) is 0.667. The lowest BCUT2D eigenvalue weighted by atomic mass is 10.4. The Morgan fingerprint density at radius 1 is 1.13 bits per heavy atom. The van der Waals surface area contributed by atoms with E-state index in [-0.39, 0.29) is 13.2 Å². The molecule has 0 aliphatic rings. The van der Waals surface area contributed by atoms with E-state index in [1.807, 2.05) is 32.9 Å². The molecule has 0 aromatic carbocycles. The molecule has 0 fully saturated rings. The lowest BCUT2D eigenvalue weighted by Gasteiger charge is -1.86. The Balaban J connectivity index is -0.000000147. The fourth-order valence-corrected chi connectivity index (χ4v) is 0.436. The van der Waals surface area contributed by atoms with Crippen molar-refractivity contribution in [2.24, 2.45) is 0 Å². The van der Waals surface area contributed by atoms with Crippen molar-refractivity contribution < 1.29 is 14.9 Å². The van der Waals surface area contributed by atoms with Crippen LogP contribution < -0.4 is 0 Å². The highest BCUT2D eigenvalue weighted by atomic mass is 16.5. The van der Waals surface area contributed by atoms with Crippen LogP contribution in [0.25, 0.3) is 0 Å². The van der Waals surface area contributed by atoms with Crippen molar-refractivity contribution in [3.05, 3.63) is 24.8 Å². The Kier molecular flexibility index (Phi) is 38.7. The van der Waals surface area contributed by atoms with E-state index in [1.165, 1.54) is 0 Å². The molecule has 0 amide bonds. The first kappa shape index (κ1) is 19.9. The van der Waals surface area contributed by atoms with Gasteiger partial charge in [0.1, 0.15) is 0 Å². The summed E-state index contributed by atoms with van der Waals surface area (Å²) in [6.07, 6.45) is 6.95. The van der Waals surface area contributed by atoms with Gasteiger partial charge in [-0.15, -0.1) is 6.58 Å². The summed E-state index contributed by atoms with van der Waals surface area (Å²) >= 11 is 0. The third-order valence-electron chi connectivity index (χ3n) is 1.05. The Morgan fingerprint density at radius 2 is 1.60 bits per heavy atom. The van der Waals surface area contributed by atoms with Crippen LogP contribution in [0.1, 0.15) is 27.2 Å². The fourth-order valence-electron chi connectivity index (χ4n) is 0.436. The van der Waals surface area contributed by atoms with E-state index in [0.29, 0.717) is 0 Å². The third-order valence-corrected chi connectivity index (χ3v) is 1.05. The van der Waals surface area contributed by atoms with E-state index >= 15 is 0 Å². The highest BCUT2D eigenvalue weighted by Gasteiger charge is 1.64. The van der Waals surface area contributed by atoms with E-state index in [0.717, 1.165) is 19.6 Å². The standard InChI is InChI=1S/C6H10.C4H10O.C2H6O2/c1-3-5-6-4-2;1-3-5-4-2;3-1-2-4/h3-4,6H,1,5H2,2H3;3-4H2,1-2H3;3-4H,1-2H2/b6-4+;;. The predicted octanol–water partition coefficient (Wildman–Crippen LogP) is 2.15. The van der Waals surface area contributed by atoms with E-state index in [2.05, 4.69) is 12.7 Å². The molecule has 0 aliphatic heterocycles. The van der Waals surface area contributed by atoms with Crippen LogP contribution in [0.2, 0.25) is 0 Å². The van der Waals surface area contributed by atoms with Crippen molar-refractivity contribution in [1.29, 1.82) is 0 Å². The van der Waals surface area contributed by atoms with E-state index in [1.54, 1.807) is 0 Å². The summed E-state index contributed by atoms with van der Waals surface area (Å²) < 4.78 is 4.83. The Labute approximate surface area is 94.1 Å². The molecule has 0 spiro atoms. The predicted molar refractivity (Wildman–Crippen MR) is 66.0 cm³/mol. The van der Waals surface area contributed by atoms with Crippen molar-refractivity contribution in [1.82, 2.24) is 0 Å². The minimum atomic E-state index is -0.125. The number of ether oxygens (including phenoxy) is 1. The van der Waals surface area contributed by atoms with Gasteiger partial charge in [0, 0.05) is 13.2 Å². The Morgan fingerprint density at radius 3 is 1.67 bits per heavy atom. The number of rotatable bonds is 5. The maximum absolute atomic E-state index is 7.62. The quantitative estimate of drug-likeness (QED) is 0.695. The van der Waals surface area contributed by atoms with Gasteiger partial charge in [0.05, 0.1) is 13.2 Å². The molecule has 0 bridgehead atoms. The number of hydrogen-bond donors (Lipinski definition) is 2. The van der Waals surface area contributed by atoms with E-state index in [4.69, 9.17) is 14.9 Å². The summed E-state index contributed by atoms with van der Waals surface area (Å²) in [5.74, 6) is 0. The lowest BCUT2D eigenvalue weighted by molar-refractivity contribution is 0.162. The van der Waals surface area contributed by atoms with Crippen molar-refractivity contribution in [3.63, 3.8) is 0 Å². The molecule has 0 saturated carbocycles. The maximum atomic E-state index is 7.62. The molecule has 0 aromatic rings. The van der Waals surface area contributed by atoms with Gasteiger partial charge in [0.2, 0.25) is 0 Å². The van der Waals surface area contributed by atoms with Gasteiger partial charge >= 0.3 is 0 Å². The highest BCUT2D eigenvalue weighted by molar-refractivity contribution is 4.85. The molecule has 92 valence electrons. The second kappa shape index (κ2) is 29.2. The van der Waals surface area contributed by atoms with Crippen LogP contribution in [0, 0.1) is 0 Å². The maximum Gasteiger partial charge on any atom is 0.0662 e. The summed E-state index contributed by atoms with van der Waals surface area (Å²) in [7, 11) is 0. The zero-order chi connectivity index (χ0) is 12.4. The molecule has 0 heterocycles. The average Bonchev–Trinajstić information content (AvgIpc) is 2.28. The third kappa shape index (κ3) is 60.0. The molecule has 0 radical (unpaired) electrons. The molecule has 0 rings (SSSR count). The van der Waals surface area contributed by atoms with Gasteiger partial charge < -0.3 is 14.9 Å². The van der Waals surface area contributed by atoms with Gasteiger partial charge in [0.15, 0.2) is 0 Å². The zero-order valence-corrected chi connectivity index (χ0v) is 10.3. The molecule has 0 aromatic heterocycles. The number of allylic oxidation sites excluding steroid dienone is 3. The van der Waals surface area contributed by atoms with Gasteiger partial charge in [-0.2, -0.15) is 0 Å². The van der Waals surface area contributed by atoms with Crippen molar-refractivity contribution in [2.75, 3.05) is 26.4 Å². The van der Waals surface area contributed by atoms with E-state index < -0.39 is 0 Å². The van der Waals surface area contributed by atoms with Crippen molar-refractivity contribution in [3.8, 4) is 0 Å².